The lowest BCUT2D eigenvalue weighted by Crippen LogP contribution is -2.28. The zero-order chi connectivity index (χ0) is 19.3. The lowest BCUT2D eigenvalue weighted by Gasteiger charge is -2.17. The number of phenolic OH excluding ortho intramolecular Hbond substituents is 2. The Morgan fingerprint density at radius 1 is 0.607 bits per heavy atom. The average Bonchev–Trinajstić information content (AvgIpc) is 3.01. The molecule has 0 fully saturated rings. The van der Waals surface area contributed by atoms with Crippen molar-refractivity contribution in [1.82, 2.24) is 9.80 Å². The lowest BCUT2D eigenvalue weighted by atomic mass is 10.0. The highest BCUT2D eigenvalue weighted by Crippen LogP contribution is 2.21. The van der Waals surface area contributed by atoms with Crippen molar-refractivity contribution in [3.63, 3.8) is 0 Å². The number of hydrogen-bond donors (Lipinski definition) is 2. The minimum Gasteiger partial charge on any atom is -0.508 e. The number of phenols is 2. The fourth-order valence-electron chi connectivity index (χ4n) is 4.17. The molecule has 2 heterocycles. The molecule has 0 radical (unpaired) electrons. The van der Waals surface area contributed by atoms with E-state index in [2.05, 4.69) is 33.8 Å². The van der Waals surface area contributed by atoms with Crippen molar-refractivity contribution in [1.29, 1.82) is 0 Å². The molecule has 0 aromatic heterocycles. The van der Waals surface area contributed by atoms with Crippen LogP contribution in [-0.2, 0) is 25.7 Å². The zero-order valence-electron chi connectivity index (χ0n) is 16.3. The molecule has 0 amide bonds. The van der Waals surface area contributed by atoms with Gasteiger partial charge in [0.1, 0.15) is 11.5 Å². The Hall–Kier alpha value is -2.48. The van der Waals surface area contributed by atoms with Crippen LogP contribution in [0.4, 0.5) is 0 Å². The van der Waals surface area contributed by atoms with Gasteiger partial charge in [-0.15, -0.1) is 0 Å². The van der Waals surface area contributed by atoms with Gasteiger partial charge in [0.05, 0.1) is 13.1 Å². The van der Waals surface area contributed by atoms with E-state index in [0.717, 1.165) is 65.0 Å². The van der Waals surface area contributed by atoms with Gasteiger partial charge in [-0.1, -0.05) is 24.0 Å². The summed E-state index contributed by atoms with van der Waals surface area (Å²) in [4.78, 5) is 4.82. The minimum atomic E-state index is 0.363. The number of rotatable bonds is 2. The molecule has 2 aliphatic heterocycles. The van der Waals surface area contributed by atoms with E-state index in [-0.39, 0.29) is 0 Å². The molecule has 2 N–H and O–H groups in total. The van der Waals surface area contributed by atoms with Crippen LogP contribution in [0.25, 0.3) is 0 Å². The normalized spacial score (nSPS) is 17.6. The van der Waals surface area contributed by atoms with Crippen LogP contribution in [0.1, 0.15) is 22.3 Å². The van der Waals surface area contributed by atoms with Gasteiger partial charge in [0.15, 0.2) is 0 Å². The Labute approximate surface area is 167 Å². The van der Waals surface area contributed by atoms with E-state index in [1.54, 1.807) is 12.1 Å². The molecule has 2 aromatic rings. The van der Waals surface area contributed by atoms with Gasteiger partial charge in [-0.25, -0.2) is 0 Å². The minimum absolute atomic E-state index is 0.363. The summed E-state index contributed by atoms with van der Waals surface area (Å²) in [5, 5.41) is 19.4. The summed E-state index contributed by atoms with van der Waals surface area (Å²) in [6.45, 7) is 5.65. The van der Waals surface area contributed by atoms with E-state index in [1.807, 2.05) is 12.1 Å². The standard InChI is InChI=1S/C24H28N2O2/c27-23-5-3-19-7-13-25(15-9-21(19)17-23)11-1-2-12-26-14-8-20-4-6-24(28)18-22(20)10-16-26/h3-6,17-18,27-28H,7-16H2. The SMILES string of the molecule is Oc1ccc2c(c1)CCN(CC#CCN1CCc3ccc(O)cc3CC1)CC2. The van der Waals surface area contributed by atoms with Crippen molar-refractivity contribution in [3.05, 3.63) is 58.7 Å². The maximum atomic E-state index is 9.68. The predicted octanol–water partition coefficient (Wildman–Crippen LogP) is 2.60. The molecule has 0 saturated carbocycles. The van der Waals surface area contributed by atoms with Gasteiger partial charge in [-0.05, 0) is 72.2 Å². The van der Waals surface area contributed by atoms with E-state index in [0.29, 0.717) is 11.5 Å². The summed E-state index contributed by atoms with van der Waals surface area (Å²) in [6.07, 6.45) is 3.99. The first-order chi connectivity index (χ1) is 13.7. The van der Waals surface area contributed by atoms with Gasteiger partial charge in [-0.2, -0.15) is 0 Å². The van der Waals surface area contributed by atoms with Crippen LogP contribution in [-0.4, -0.2) is 59.3 Å². The fourth-order valence-corrected chi connectivity index (χ4v) is 4.17. The maximum Gasteiger partial charge on any atom is 0.115 e. The lowest BCUT2D eigenvalue weighted by molar-refractivity contribution is 0.318. The molecule has 2 aliphatic rings. The number of benzene rings is 2. The molecule has 4 nitrogen and oxygen atoms in total. The van der Waals surface area contributed by atoms with E-state index < -0.39 is 0 Å². The van der Waals surface area contributed by atoms with Crippen molar-refractivity contribution < 1.29 is 10.2 Å². The van der Waals surface area contributed by atoms with Gasteiger partial charge in [-0.3, -0.25) is 9.80 Å². The van der Waals surface area contributed by atoms with Crippen molar-refractivity contribution in [3.8, 4) is 23.3 Å². The van der Waals surface area contributed by atoms with Gasteiger partial charge in [0.2, 0.25) is 0 Å². The smallest absolute Gasteiger partial charge is 0.115 e. The third-order valence-corrected chi connectivity index (χ3v) is 5.90. The summed E-state index contributed by atoms with van der Waals surface area (Å²) < 4.78 is 0. The highest BCUT2D eigenvalue weighted by atomic mass is 16.3. The van der Waals surface area contributed by atoms with Crippen molar-refractivity contribution in [2.45, 2.75) is 25.7 Å². The van der Waals surface area contributed by atoms with Crippen LogP contribution in [0.5, 0.6) is 11.5 Å². The third kappa shape index (κ3) is 4.67. The van der Waals surface area contributed by atoms with Gasteiger partial charge in [0.25, 0.3) is 0 Å². The predicted molar refractivity (Wildman–Crippen MR) is 112 cm³/mol. The summed E-state index contributed by atoms with van der Waals surface area (Å²) in [6, 6.07) is 11.5. The summed E-state index contributed by atoms with van der Waals surface area (Å²) in [7, 11) is 0. The van der Waals surface area contributed by atoms with E-state index >= 15 is 0 Å². The highest BCUT2D eigenvalue weighted by molar-refractivity contribution is 5.37. The molecular weight excluding hydrogens is 348 g/mol. The molecule has 0 saturated heterocycles. The second kappa shape index (κ2) is 8.68. The molecule has 0 unspecified atom stereocenters. The Morgan fingerprint density at radius 2 is 1.00 bits per heavy atom. The first kappa shape index (κ1) is 18.9. The van der Waals surface area contributed by atoms with Crippen LogP contribution >= 0.6 is 0 Å². The van der Waals surface area contributed by atoms with E-state index in [1.165, 1.54) is 22.3 Å². The zero-order valence-corrected chi connectivity index (χ0v) is 16.3. The Bertz CT molecular complexity index is 826. The van der Waals surface area contributed by atoms with Crippen molar-refractivity contribution in [2.75, 3.05) is 39.3 Å². The van der Waals surface area contributed by atoms with Crippen LogP contribution in [0.15, 0.2) is 36.4 Å². The van der Waals surface area contributed by atoms with Crippen molar-refractivity contribution in [2.24, 2.45) is 0 Å². The second-order valence-corrected chi connectivity index (χ2v) is 7.81. The van der Waals surface area contributed by atoms with Crippen LogP contribution in [0.3, 0.4) is 0 Å². The van der Waals surface area contributed by atoms with E-state index in [9.17, 15) is 10.2 Å². The van der Waals surface area contributed by atoms with Crippen LogP contribution in [0, 0.1) is 11.8 Å². The largest absolute Gasteiger partial charge is 0.508 e. The Kier molecular flexibility index (Phi) is 5.85. The number of aromatic hydroxyl groups is 2. The topological polar surface area (TPSA) is 46.9 Å². The van der Waals surface area contributed by atoms with Crippen molar-refractivity contribution >= 4 is 0 Å². The molecule has 0 aliphatic carbocycles. The molecule has 146 valence electrons. The summed E-state index contributed by atoms with van der Waals surface area (Å²) in [5.74, 6) is 7.45. The molecule has 2 aromatic carbocycles. The molecular formula is C24H28N2O2. The first-order valence-corrected chi connectivity index (χ1v) is 10.2. The second-order valence-electron chi connectivity index (χ2n) is 7.81. The molecule has 0 spiro atoms. The fraction of sp³-hybridized carbons (Fsp3) is 0.417. The highest BCUT2D eigenvalue weighted by Gasteiger charge is 2.15. The molecule has 0 atom stereocenters. The third-order valence-electron chi connectivity index (χ3n) is 5.90. The van der Waals surface area contributed by atoms with E-state index in [4.69, 9.17) is 0 Å². The number of nitrogens with zero attached hydrogens (tertiary/aromatic N) is 2. The summed E-state index contributed by atoms with van der Waals surface area (Å²) >= 11 is 0. The quantitative estimate of drug-likeness (QED) is 0.791. The first-order valence-electron chi connectivity index (χ1n) is 10.2. The molecule has 28 heavy (non-hydrogen) atoms. The van der Waals surface area contributed by atoms with Gasteiger partial charge in [0, 0.05) is 26.2 Å². The van der Waals surface area contributed by atoms with Gasteiger partial charge < -0.3 is 10.2 Å². The van der Waals surface area contributed by atoms with Crippen LogP contribution < -0.4 is 0 Å². The Morgan fingerprint density at radius 3 is 1.43 bits per heavy atom. The monoisotopic (exact) mass is 376 g/mol. The maximum absolute atomic E-state index is 9.68. The summed E-state index contributed by atoms with van der Waals surface area (Å²) in [5.41, 5.74) is 5.24. The average molecular weight is 377 g/mol. The number of hydrogen-bond acceptors (Lipinski definition) is 4. The molecule has 4 heteroatoms. The Balaban J connectivity index is 1.26. The number of fused-ring (bicyclic) bond motifs is 2. The molecule has 0 bridgehead atoms. The van der Waals surface area contributed by atoms with Crippen LogP contribution in [0.2, 0.25) is 0 Å². The molecule has 4 rings (SSSR count). The van der Waals surface area contributed by atoms with Gasteiger partial charge >= 0.3 is 0 Å².